The molecule has 1 saturated heterocycles. The lowest BCUT2D eigenvalue weighted by molar-refractivity contribution is 0.0767. The quantitative estimate of drug-likeness (QED) is 0.726. The molecule has 2 atom stereocenters. The van der Waals surface area contributed by atoms with Crippen LogP contribution in [0.4, 0.5) is 0 Å². The van der Waals surface area contributed by atoms with E-state index in [0.29, 0.717) is 18.3 Å². The Morgan fingerprint density at radius 1 is 1.54 bits per heavy atom. The summed E-state index contributed by atoms with van der Waals surface area (Å²) in [5.41, 5.74) is 5.77. The van der Waals surface area contributed by atoms with Gasteiger partial charge >= 0.3 is 0 Å². The number of aryl methyl sites for hydroxylation is 1. The smallest absolute Gasteiger partial charge is 0.257 e. The van der Waals surface area contributed by atoms with Crippen LogP contribution in [0.3, 0.4) is 0 Å². The van der Waals surface area contributed by atoms with Gasteiger partial charge in [0.1, 0.15) is 0 Å². The summed E-state index contributed by atoms with van der Waals surface area (Å²) in [6.07, 6.45) is 0.651. The van der Waals surface area contributed by atoms with E-state index in [1.807, 2.05) is 0 Å². The summed E-state index contributed by atoms with van der Waals surface area (Å²) in [4.78, 5) is 4.06. The Morgan fingerprint density at radius 3 is 2.77 bits per heavy atom. The maximum absolute atomic E-state index is 5.77. The zero-order chi connectivity index (χ0) is 8.55. The van der Waals surface area contributed by atoms with Crippen LogP contribution in [0.25, 0.3) is 0 Å². The van der Waals surface area contributed by atoms with Gasteiger partial charge in [-0.3, -0.25) is 0 Å². The van der Waals surface area contributed by atoms with Crippen molar-refractivity contribution in [2.45, 2.75) is 25.5 Å². The molecular weight excluding hydrogens is 194 g/mol. The van der Waals surface area contributed by atoms with E-state index in [1.54, 1.807) is 6.92 Å². The first-order chi connectivity index (χ1) is 5.77. The van der Waals surface area contributed by atoms with E-state index in [-0.39, 0.29) is 24.6 Å². The minimum Gasteiger partial charge on any atom is -0.367 e. The highest BCUT2D eigenvalue weighted by molar-refractivity contribution is 5.85. The summed E-state index contributed by atoms with van der Waals surface area (Å²) in [5, 5.41) is 3.67. The molecule has 5 nitrogen and oxygen atoms in total. The van der Waals surface area contributed by atoms with Crippen LogP contribution in [-0.2, 0) is 4.74 Å². The van der Waals surface area contributed by atoms with Crippen LogP contribution in [0, 0.1) is 6.92 Å². The van der Waals surface area contributed by atoms with Crippen molar-refractivity contribution < 1.29 is 9.26 Å². The summed E-state index contributed by atoms with van der Waals surface area (Å²) in [6, 6.07) is -0.00940. The fourth-order valence-corrected chi connectivity index (χ4v) is 1.29. The van der Waals surface area contributed by atoms with E-state index in [4.69, 9.17) is 15.0 Å². The summed E-state index contributed by atoms with van der Waals surface area (Å²) in [5.74, 6) is 1.12. The molecule has 1 aromatic rings. The maximum Gasteiger partial charge on any atom is 0.257 e. The van der Waals surface area contributed by atoms with Gasteiger partial charge in [0.2, 0.25) is 0 Å². The predicted molar refractivity (Wildman–Crippen MR) is 47.6 cm³/mol. The van der Waals surface area contributed by atoms with Gasteiger partial charge in [0.25, 0.3) is 5.89 Å². The Labute approximate surface area is 82.0 Å². The molecule has 0 bridgehead atoms. The van der Waals surface area contributed by atoms with Crippen LogP contribution in [-0.4, -0.2) is 22.8 Å². The van der Waals surface area contributed by atoms with Crippen LogP contribution in [0.1, 0.15) is 24.2 Å². The molecule has 6 heteroatoms. The van der Waals surface area contributed by atoms with Gasteiger partial charge in [0.15, 0.2) is 11.9 Å². The van der Waals surface area contributed by atoms with Crippen LogP contribution < -0.4 is 5.73 Å². The van der Waals surface area contributed by atoms with Crippen LogP contribution >= 0.6 is 12.4 Å². The van der Waals surface area contributed by atoms with E-state index in [2.05, 4.69) is 10.1 Å². The zero-order valence-electron chi connectivity index (χ0n) is 7.27. The second-order valence-electron chi connectivity index (χ2n) is 2.92. The molecule has 0 amide bonds. The van der Waals surface area contributed by atoms with E-state index < -0.39 is 0 Å². The summed E-state index contributed by atoms with van der Waals surface area (Å²) >= 11 is 0. The molecule has 1 aliphatic rings. The van der Waals surface area contributed by atoms with E-state index in [0.717, 1.165) is 6.42 Å². The van der Waals surface area contributed by atoms with Crippen molar-refractivity contribution >= 4 is 12.4 Å². The monoisotopic (exact) mass is 205 g/mol. The molecular formula is C7H12ClN3O2. The van der Waals surface area contributed by atoms with Crippen LogP contribution in [0.15, 0.2) is 4.52 Å². The fourth-order valence-electron chi connectivity index (χ4n) is 1.29. The third kappa shape index (κ3) is 1.99. The summed E-state index contributed by atoms with van der Waals surface area (Å²) in [6.45, 7) is 2.45. The Hall–Kier alpha value is -0.650. The van der Waals surface area contributed by atoms with Crippen molar-refractivity contribution in [2.75, 3.05) is 6.61 Å². The molecule has 0 aliphatic carbocycles. The van der Waals surface area contributed by atoms with E-state index in [9.17, 15) is 0 Å². The van der Waals surface area contributed by atoms with Gasteiger partial charge in [0, 0.05) is 12.6 Å². The Kier molecular flexibility index (Phi) is 3.24. The lowest BCUT2D eigenvalue weighted by Gasteiger charge is -2.07. The van der Waals surface area contributed by atoms with Crippen molar-refractivity contribution in [3.63, 3.8) is 0 Å². The number of hydrogen-bond acceptors (Lipinski definition) is 5. The standard InChI is InChI=1S/C7H11N3O2.ClH/c1-4-9-7(12-10-4)6-5(8)2-3-11-6;/h5-6H,2-3,8H2,1H3;1H/t5-,6+;/m0./s1. The first-order valence-electron chi connectivity index (χ1n) is 3.95. The topological polar surface area (TPSA) is 74.2 Å². The SMILES string of the molecule is Cc1noc([C@@H]2OCC[C@@H]2N)n1.Cl. The third-order valence-corrected chi connectivity index (χ3v) is 1.92. The zero-order valence-corrected chi connectivity index (χ0v) is 8.08. The van der Waals surface area contributed by atoms with Gasteiger partial charge in [-0.25, -0.2) is 0 Å². The van der Waals surface area contributed by atoms with Crippen molar-refractivity contribution in [3.8, 4) is 0 Å². The molecule has 1 aromatic heterocycles. The van der Waals surface area contributed by atoms with Crippen molar-refractivity contribution in [3.05, 3.63) is 11.7 Å². The Balaban J connectivity index is 0.000000845. The van der Waals surface area contributed by atoms with Crippen LogP contribution in [0.2, 0.25) is 0 Å². The fraction of sp³-hybridized carbons (Fsp3) is 0.714. The van der Waals surface area contributed by atoms with Gasteiger partial charge < -0.3 is 15.0 Å². The predicted octanol–water partition coefficient (Wildman–Crippen LogP) is 0.589. The summed E-state index contributed by atoms with van der Waals surface area (Å²) in [7, 11) is 0. The number of ether oxygens (including phenoxy) is 1. The molecule has 0 unspecified atom stereocenters. The number of rotatable bonds is 1. The molecule has 2 heterocycles. The third-order valence-electron chi connectivity index (χ3n) is 1.92. The second kappa shape index (κ2) is 4.04. The molecule has 0 aromatic carbocycles. The molecule has 0 saturated carbocycles. The maximum atomic E-state index is 5.77. The molecule has 2 rings (SSSR count). The lowest BCUT2D eigenvalue weighted by atomic mass is 10.1. The number of hydrogen-bond donors (Lipinski definition) is 1. The second-order valence-corrected chi connectivity index (χ2v) is 2.92. The number of nitrogens with two attached hydrogens (primary N) is 1. The van der Waals surface area contributed by atoms with Gasteiger partial charge in [-0.2, -0.15) is 4.98 Å². The van der Waals surface area contributed by atoms with Gasteiger partial charge in [0.05, 0.1) is 0 Å². The molecule has 1 aliphatic heterocycles. The van der Waals surface area contributed by atoms with E-state index in [1.165, 1.54) is 0 Å². The van der Waals surface area contributed by atoms with Crippen LogP contribution in [0.5, 0.6) is 0 Å². The highest BCUT2D eigenvalue weighted by Crippen LogP contribution is 2.25. The Bertz CT molecular complexity index is 278. The largest absolute Gasteiger partial charge is 0.367 e. The average molecular weight is 206 g/mol. The van der Waals surface area contributed by atoms with Crippen molar-refractivity contribution in [2.24, 2.45) is 5.73 Å². The molecule has 0 spiro atoms. The van der Waals surface area contributed by atoms with Gasteiger partial charge in [-0.1, -0.05) is 5.16 Å². The first-order valence-corrected chi connectivity index (χ1v) is 3.95. The van der Waals surface area contributed by atoms with Crippen molar-refractivity contribution in [1.82, 2.24) is 10.1 Å². The Morgan fingerprint density at radius 2 is 2.31 bits per heavy atom. The highest BCUT2D eigenvalue weighted by Gasteiger charge is 2.30. The molecule has 13 heavy (non-hydrogen) atoms. The molecule has 1 fully saturated rings. The molecule has 74 valence electrons. The average Bonchev–Trinajstić information content (AvgIpc) is 2.58. The van der Waals surface area contributed by atoms with E-state index >= 15 is 0 Å². The lowest BCUT2D eigenvalue weighted by Crippen LogP contribution is -2.23. The first kappa shape index (κ1) is 10.4. The summed E-state index contributed by atoms with van der Waals surface area (Å²) < 4.78 is 10.3. The molecule has 0 radical (unpaired) electrons. The minimum atomic E-state index is -0.203. The normalized spacial score (nSPS) is 27.2. The highest BCUT2D eigenvalue weighted by atomic mass is 35.5. The number of aromatic nitrogens is 2. The minimum absolute atomic E-state index is 0. The molecule has 2 N–H and O–H groups in total. The van der Waals surface area contributed by atoms with Crippen molar-refractivity contribution in [1.29, 1.82) is 0 Å². The number of halogens is 1. The van der Waals surface area contributed by atoms with Gasteiger partial charge in [-0.05, 0) is 13.3 Å². The van der Waals surface area contributed by atoms with Gasteiger partial charge in [-0.15, -0.1) is 12.4 Å². The number of nitrogens with zero attached hydrogens (tertiary/aromatic N) is 2.